The number of rotatable bonds is 5. The molecule has 0 aromatic heterocycles. The average molecular weight is 448 g/mol. The molecule has 0 N–H and O–H groups in total. The third kappa shape index (κ3) is 4.80. The second-order valence-corrected chi connectivity index (χ2v) is 8.82. The van der Waals surface area contributed by atoms with E-state index in [4.69, 9.17) is 14.2 Å². The Labute approximate surface area is 181 Å². The normalized spacial score (nSPS) is 16.9. The molecule has 0 atom stereocenters. The van der Waals surface area contributed by atoms with Gasteiger partial charge in [-0.15, -0.1) is 0 Å². The summed E-state index contributed by atoms with van der Waals surface area (Å²) in [5.41, 5.74) is 0.771. The molecular formula is C21H24N2O7S. The second-order valence-electron chi connectivity index (χ2n) is 6.84. The van der Waals surface area contributed by atoms with Crippen LogP contribution in [0.3, 0.4) is 0 Å². The molecule has 1 saturated heterocycles. The number of esters is 2. The summed E-state index contributed by atoms with van der Waals surface area (Å²) in [7, 11) is -1.29. The third-order valence-electron chi connectivity index (χ3n) is 4.87. The van der Waals surface area contributed by atoms with Crippen LogP contribution in [0.4, 0.5) is 11.4 Å². The fourth-order valence-electron chi connectivity index (χ4n) is 3.38. The zero-order valence-corrected chi connectivity index (χ0v) is 18.3. The molecule has 2 aliphatic rings. The lowest BCUT2D eigenvalue weighted by atomic mass is 10.1. The number of benzene rings is 1. The molecule has 1 aromatic carbocycles. The number of carbonyl (C=O) groups is 2. The Hall–Kier alpha value is -3.11. The fraction of sp³-hybridized carbons (Fsp3) is 0.333. The molecular weight excluding hydrogens is 424 g/mol. The maximum Gasteiger partial charge on any atom is 0.355 e. The van der Waals surface area contributed by atoms with Crippen LogP contribution in [0.15, 0.2) is 58.8 Å². The quantitative estimate of drug-likeness (QED) is 0.619. The van der Waals surface area contributed by atoms with Gasteiger partial charge >= 0.3 is 11.9 Å². The van der Waals surface area contributed by atoms with Crippen molar-refractivity contribution in [2.24, 2.45) is 0 Å². The van der Waals surface area contributed by atoms with E-state index >= 15 is 0 Å². The summed E-state index contributed by atoms with van der Waals surface area (Å²) >= 11 is 0. The first-order valence-corrected chi connectivity index (χ1v) is 11.4. The average Bonchev–Trinajstić information content (AvgIpc) is 3.00. The van der Waals surface area contributed by atoms with Crippen molar-refractivity contribution in [3.63, 3.8) is 0 Å². The van der Waals surface area contributed by atoms with Crippen LogP contribution in [0.25, 0.3) is 0 Å². The van der Waals surface area contributed by atoms with Crippen LogP contribution in [0, 0.1) is 0 Å². The molecule has 0 radical (unpaired) electrons. The lowest BCUT2D eigenvalue weighted by Gasteiger charge is -2.31. The highest BCUT2D eigenvalue weighted by Gasteiger charge is 2.30. The smallest absolute Gasteiger partial charge is 0.355 e. The number of ether oxygens (including phenoxy) is 3. The Morgan fingerprint density at radius 1 is 1.03 bits per heavy atom. The van der Waals surface area contributed by atoms with Gasteiger partial charge in [0.25, 0.3) is 0 Å². The van der Waals surface area contributed by atoms with Gasteiger partial charge < -0.3 is 24.0 Å². The summed E-state index contributed by atoms with van der Waals surface area (Å²) in [6.07, 6.45) is 7.16. The lowest BCUT2D eigenvalue weighted by molar-refractivity contribution is -0.139. The Morgan fingerprint density at radius 2 is 1.71 bits per heavy atom. The SMILES string of the molecule is COC(=O)C1=C(C(=O)OC)N(c2cc(N3CCOCC3)ccc2S(C)(=O)=O)C=CC=C1. The number of hydrogen-bond acceptors (Lipinski definition) is 9. The van der Waals surface area contributed by atoms with E-state index in [0.29, 0.717) is 26.3 Å². The molecule has 0 spiro atoms. The number of nitrogens with zero attached hydrogens (tertiary/aromatic N) is 2. The predicted octanol–water partition coefficient (Wildman–Crippen LogP) is 1.42. The molecule has 1 aromatic rings. The summed E-state index contributed by atoms with van der Waals surface area (Å²) in [6, 6.07) is 4.89. The molecule has 9 nitrogen and oxygen atoms in total. The van der Waals surface area contributed by atoms with Crippen molar-refractivity contribution in [3.8, 4) is 0 Å². The standard InChI is InChI=1S/C21H24N2O7S/c1-28-20(24)16-6-4-5-9-23(19(16)21(25)29-2)17-14-15(22-10-12-30-13-11-22)7-8-18(17)31(3,26)27/h4-9,14H,10-13H2,1-3H3. The van der Waals surface area contributed by atoms with Gasteiger partial charge in [0, 0.05) is 31.2 Å². The van der Waals surface area contributed by atoms with Gasteiger partial charge in [-0.05, 0) is 30.4 Å². The van der Waals surface area contributed by atoms with E-state index in [1.807, 2.05) is 0 Å². The van der Waals surface area contributed by atoms with E-state index in [9.17, 15) is 18.0 Å². The molecule has 1 fully saturated rings. The first-order chi connectivity index (χ1) is 14.8. The Bertz CT molecular complexity index is 1070. The molecule has 0 saturated carbocycles. The molecule has 0 unspecified atom stereocenters. The van der Waals surface area contributed by atoms with E-state index in [2.05, 4.69) is 4.90 Å². The van der Waals surface area contributed by atoms with Crippen molar-refractivity contribution in [1.29, 1.82) is 0 Å². The van der Waals surface area contributed by atoms with Crippen LogP contribution in [-0.2, 0) is 33.6 Å². The van der Waals surface area contributed by atoms with Crippen molar-refractivity contribution in [2.75, 3.05) is 56.6 Å². The third-order valence-corrected chi connectivity index (χ3v) is 6.01. The largest absolute Gasteiger partial charge is 0.465 e. The number of sulfone groups is 1. The summed E-state index contributed by atoms with van der Waals surface area (Å²) in [6.45, 7) is 2.39. The summed E-state index contributed by atoms with van der Waals surface area (Å²) in [5.74, 6) is -1.57. The van der Waals surface area contributed by atoms with Crippen molar-refractivity contribution in [1.82, 2.24) is 0 Å². The summed E-state index contributed by atoms with van der Waals surface area (Å²) < 4.78 is 40.2. The van der Waals surface area contributed by atoms with E-state index in [0.717, 1.165) is 11.9 Å². The van der Waals surface area contributed by atoms with Gasteiger partial charge in [-0.3, -0.25) is 0 Å². The van der Waals surface area contributed by atoms with Gasteiger partial charge in [0.05, 0.1) is 43.6 Å². The highest BCUT2D eigenvalue weighted by Crippen LogP contribution is 2.35. The minimum absolute atomic E-state index is 0.00155. The zero-order chi connectivity index (χ0) is 22.6. The van der Waals surface area contributed by atoms with Crippen molar-refractivity contribution < 1.29 is 32.2 Å². The number of hydrogen-bond donors (Lipinski definition) is 0. The predicted molar refractivity (Wildman–Crippen MR) is 114 cm³/mol. The fourth-order valence-corrected chi connectivity index (χ4v) is 4.23. The summed E-state index contributed by atoms with van der Waals surface area (Å²) in [4.78, 5) is 28.5. The molecule has 166 valence electrons. The van der Waals surface area contributed by atoms with Crippen LogP contribution >= 0.6 is 0 Å². The van der Waals surface area contributed by atoms with Gasteiger partial charge in [0.1, 0.15) is 5.70 Å². The molecule has 0 bridgehead atoms. The highest BCUT2D eigenvalue weighted by molar-refractivity contribution is 7.90. The van der Waals surface area contributed by atoms with Gasteiger partial charge in [0.2, 0.25) is 0 Å². The number of morpholine rings is 1. The monoisotopic (exact) mass is 448 g/mol. The topological polar surface area (TPSA) is 102 Å². The van der Waals surface area contributed by atoms with Gasteiger partial charge in [-0.25, -0.2) is 18.0 Å². The van der Waals surface area contributed by atoms with E-state index in [1.165, 1.54) is 37.5 Å². The first-order valence-electron chi connectivity index (χ1n) is 9.49. The van der Waals surface area contributed by atoms with Crippen LogP contribution in [-0.4, -0.2) is 67.1 Å². The molecule has 2 aliphatic heterocycles. The molecule has 0 aliphatic carbocycles. The minimum Gasteiger partial charge on any atom is -0.465 e. The van der Waals surface area contributed by atoms with Gasteiger partial charge in [0.15, 0.2) is 9.84 Å². The molecule has 10 heteroatoms. The Morgan fingerprint density at radius 3 is 2.32 bits per heavy atom. The first kappa shape index (κ1) is 22.6. The van der Waals surface area contributed by atoms with E-state index < -0.39 is 21.8 Å². The Balaban J connectivity index is 2.25. The van der Waals surface area contributed by atoms with Crippen LogP contribution < -0.4 is 9.80 Å². The van der Waals surface area contributed by atoms with Crippen molar-refractivity contribution >= 4 is 33.2 Å². The van der Waals surface area contributed by atoms with Crippen molar-refractivity contribution in [3.05, 3.63) is 53.9 Å². The van der Waals surface area contributed by atoms with Crippen molar-refractivity contribution in [2.45, 2.75) is 4.90 Å². The highest BCUT2D eigenvalue weighted by atomic mass is 32.2. The van der Waals surface area contributed by atoms with Gasteiger partial charge in [-0.1, -0.05) is 6.08 Å². The van der Waals surface area contributed by atoms with E-state index in [1.54, 1.807) is 24.3 Å². The maximum atomic E-state index is 12.7. The van der Waals surface area contributed by atoms with Gasteiger partial charge in [-0.2, -0.15) is 0 Å². The number of allylic oxidation sites excluding steroid dienone is 2. The maximum absolute atomic E-state index is 12.7. The summed E-state index contributed by atoms with van der Waals surface area (Å²) in [5, 5.41) is 0. The second kappa shape index (κ2) is 9.36. The van der Waals surface area contributed by atoms with Crippen LogP contribution in [0.1, 0.15) is 0 Å². The lowest BCUT2D eigenvalue weighted by Crippen LogP contribution is -2.36. The number of carbonyl (C=O) groups excluding carboxylic acids is 2. The number of methoxy groups -OCH3 is 2. The van der Waals surface area contributed by atoms with Crippen LogP contribution in [0.5, 0.6) is 0 Å². The van der Waals surface area contributed by atoms with Crippen LogP contribution in [0.2, 0.25) is 0 Å². The number of anilines is 2. The zero-order valence-electron chi connectivity index (χ0n) is 17.5. The minimum atomic E-state index is -3.67. The molecule has 2 heterocycles. The Kier molecular flexibility index (Phi) is 6.81. The van der Waals surface area contributed by atoms with E-state index in [-0.39, 0.29) is 21.9 Å². The molecule has 3 rings (SSSR count). The molecule has 31 heavy (non-hydrogen) atoms. The molecule has 0 amide bonds.